The second kappa shape index (κ2) is 11.9. The van der Waals surface area contributed by atoms with Crippen LogP contribution in [0.4, 0.5) is 25.0 Å². The Morgan fingerprint density at radius 3 is 2.40 bits per heavy atom. The molecule has 15 heteroatoms. The third-order valence-electron chi connectivity index (χ3n) is 6.47. The number of carbonyl (C=O) groups is 5. The van der Waals surface area contributed by atoms with E-state index in [1.165, 1.54) is 35.1 Å². The van der Waals surface area contributed by atoms with Crippen molar-refractivity contribution in [2.45, 2.75) is 19.1 Å². The van der Waals surface area contributed by atoms with Gasteiger partial charge in [0, 0.05) is 50.6 Å². The highest BCUT2D eigenvalue weighted by Crippen LogP contribution is 2.31. The average molecular weight is 561 g/mol. The third-order valence-corrected chi connectivity index (χ3v) is 6.47. The molecular formula is C25H26F2N6O7. The number of benzene rings is 1. The van der Waals surface area contributed by atoms with Crippen LogP contribution < -0.4 is 26.0 Å². The lowest BCUT2D eigenvalue weighted by Crippen LogP contribution is -2.54. The van der Waals surface area contributed by atoms with Gasteiger partial charge in [0.15, 0.2) is 11.6 Å². The molecule has 0 aliphatic carbocycles. The van der Waals surface area contributed by atoms with Gasteiger partial charge < -0.3 is 30.2 Å². The van der Waals surface area contributed by atoms with Crippen LogP contribution in [0.3, 0.4) is 0 Å². The molecule has 2 aromatic rings. The summed E-state index contributed by atoms with van der Waals surface area (Å²) >= 11 is 0. The van der Waals surface area contributed by atoms with Crippen LogP contribution in [-0.4, -0.2) is 91.4 Å². The Bertz CT molecular complexity index is 1350. The molecule has 0 saturated carbocycles. The number of aldehydes is 1. The number of anilines is 2. The van der Waals surface area contributed by atoms with Crippen molar-refractivity contribution in [3.63, 3.8) is 0 Å². The summed E-state index contributed by atoms with van der Waals surface area (Å²) in [6, 6.07) is 3.64. The predicted octanol–water partition coefficient (Wildman–Crippen LogP) is -0.239. The molecular weight excluding hydrogens is 534 g/mol. The van der Waals surface area contributed by atoms with Crippen LogP contribution in [0.15, 0.2) is 35.3 Å². The van der Waals surface area contributed by atoms with Crippen LogP contribution in [0, 0.1) is 11.6 Å². The first-order valence-corrected chi connectivity index (χ1v) is 12.3. The van der Waals surface area contributed by atoms with E-state index in [2.05, 4.69) is 15.6 Å². The van der Waals surface area contributed by atoms with Crippen LogP contribution in [0.2, 0.25) is 0 Å². The van der Waals surface area contributed by atoms with Gasteiger partial charge in [-0.1, -0.05) is 0 Å². The fourth-order valence-electron chi connectivity index (χ4n) is 4.42. The Kier molecular flexibility index (Phi) is 8.40. The van der Waals surface area contributed by atoms with Crippen LogP contribution in [0.25, 0.3) is 0 Å². The molecule has 2 aliphatic rings. The fraction of sp³-hybridized carbons (Fsp3) is 0.360. The molecule has 3 heterocycles. The number of nitrogens with one attached hydrogen (secondary N) is 3. The topological polar surface area (TPSA) is 161 Å². The molecule has 3 N–H and O–H groups in total. The van der Waals surface area contributed by atoms with Crippen molar-refractivity contribution in [1.82, 2.24) is 20.5 Å². The third kappa shape index (κ3) is 6.24. The minimum atomic E-state index is -0.915. The number of nitrogens with zero attached hydrogens (tertiary/aromatic N) is 3. The molecule has 2 fully saturated rings. The number of cyclic esters (lactones) is 1. The summed E-state index contributed by atoms with van der Waals surface area (Å²) in [5.41, 5.74) is -0.570. The SMILES string of the molecule is CC(NC(=O)c1ccc(=O)[nH]c1)C(=O)N1CCN(c2c(F)cc(N3CC(CNC(=O)C=O)OC3=O)cc2F)CC1. The van der Waals surface area contributed by atoms with Crippen molar-refractivity contribution in [2.24, 2.45) is 0 Å². The highest BCUT2D eigenvalue weighted by molar-refractivity contribution is 6.23. The number of aromatic nitrogens is 1. The summed E-state index contributed by atoms with van der Waals surface area (Å²) in [6.45, 7) is 1.80. The van der Waals surface area contributed by atoms with Gasteiger partial charge in [0.25, 0.3) is 11.8 Å². The molecule has 212 valence electrons. The summed E-state index contributed by atoms with van der Waals surface area (Å²) in [6.07, 6.45) is -0.353. The lowest BCUT2D eigenvalue weighted by atomic mass is 10.1. The number of hydrogen-bond donors (Lipinski definition) is 3. The zero-order valence-electron chi connectivity index (χ0n) is 21.3. The lowest BCUT2D eigenvalue weighted by molar-refractivity contribution is -0.133. The summed E-state index contributed by atoms with van der Waals surface area (Å²) in [4.78, 5) is 76.4. The van der Waals surface area contributed by atoms with Gasteiger partial charge in [-0.15, -0.1) is 0 Å². The molecule has 0 spiro atoms. The van der Waals surface area contributed by atoms with E-state index in [1.54, 1.807) is 0 Å². The van der Waals surface area contributed by atoms with Gasteiger partial charge in [-0.05, 0) is 13.0 Å². The second-order valence-corrected chi connectivity index (χ2v) is 9.19. The largest absolute Gasteiger partial charge is 0.442 e. The molecule has 1 aromatic carbocycles. The normalized spacial score (nSPS) is 17.7. The van der Waals surface area contributed by atoms with Crippen molar-refractivity contribution in [3.8, 4) is 0 Å². The number of amides is 4. The second-order valence-electron chi connectivity index (χ2n) is 9.19. The quantitative estimate of drug-likeness (QED) is 0.295. The standard InChI is InChI=1S/C25H26F2N6O7/c1-14(30-23(37)15-2-3-20(35)28-10-15)24(38)32-6-4-31(5-7-32)22-18(26)8-16(9-19(22)27)33-12-17(40-25(33)39)11-29-21(36)13-34/h2-3,8-10,13-14,17H,4-7,11-12H2,1H3,(H,28,35)(H,29,36)(H,30,37). The van der Waals surface area contributed by atoms with E-state index in [9.17, 15) is 28.8 Å². The van der Waals surface area contributed by atoms with Gasteiger partial charge >= 0.3 is 6.09 Å². The summed E-state index contributed by atoms with van der Waals surface area (Å²) in [5.74, 6) is -3.63. The molecule has 4 rings (SSSR count). The molecule has 4 amide bonds. The van der Waals surface area contributed by atoms with E-state index in [0.29, 0.717) is 0 Å². The van der Waals surface area contributed by atoms with Crippen molar-refractivity contribution in [2.75, 3.05) is 49.1 Å². The Morgan fingerprint density at radius 1 is 1.12 bits per heavy atom. The Morgan fingerprint density at radius 2 is 1.80 bits per heavy atom. The maximum absolute atomic E-state index is 15.1. The number of aromatic amines is 1. The summed E-state index contributed by atoms with van der Waals surface area (Å²) in [5, 5.41) is 4.82. The number of hydrogen-bond acceptors (Lipinski definition) is 8. The van der Waals surface area contributed by atoms with E-state index in [1.807, 2.05) is 0 Å². The number of halogens is 2. The smallest absolute Gasteiger partial charge is 0.414 e. The van der Waals surface area contributed by atoms with Crippen LogP contribution in [-0.2, 0) is 19.1 Å². The fourth-order valence-corrected chi connectivity index (χ4v) is 4.42. The Labute approximate surface area is 226 Å². The molecule has 1 aromatic heterocycles. The first-order chi connectivity index (χ1) is 19.1. The number of ether oxygens (including phenoxy) is 1. The van der Waals surface area contributed by atoms with Crippen molar-refractivity contribution in [3.05, 3.63) is 58.0 Å². The molecule has 0 radical (unpaired) electrons. The van der Waals surface area contributed by atoms with Crippen LogP contribution >= 0.6 is 0 Å². The molecule has 0 bridgehead atoms. The Balaban J connectivity index is 1.34. The molecule has 13 nitrogen and oxygen atoms in total. The zero-order valence-corrected chi connectivity index (χ0v) is 21.3. The maximum Gasteiger partial charge on any atom is 0.414 e. The first kappa shape index (κ1) is 28.2. The van der Waals surface area contributed by atoms with Crippen molar-refractivity contribution < 1.29 is 37.5 Å². The number of pyridine rings is 1. The van der Waals surface area contributed by atoms with Gasteiger partial charge in [-0.2, -0.15) is 0 Å². The Hall–Kier alpha value is -4.82. The minimum absolute atomic E-state index is 0.0725. The lowest BCUT2D eigenvalue weighted by Gasteiger charge is -2.37. The van der Waals surface area contributed by atoms with Gasteiger partial charge in [0.05, 0.1) is 24.3 Å². The first-order valence-electron chi connectivity index (χ1n) is 12.3. The van der Waals surface area contributed by atoms with Gasteiger partial charge in [-0.25, -0.2) is 13.6 Å². The van der Waals surface area contributed by atoms with Gasteiger partial charge in [0.1, 0.15) is 17.8 Å². The summed E-state index contributed by atoms with van der Waals surface area (Å²) < 4.78 is 35.2. The van der Waals surface area contributed by atoms with E-state index in [-0.39, 0.29) is 74.0 Å². The van der Waals surface area contributed by atoms with Crippen LogP contribution in [0.1, 0.15) is 17.3 Å². The zero-order chi connectivity index (χ0) is 29.0. The van der Waals surface area contributed by atoms with E-state index in [4.69, 9.17) is 4.74 Å². The number of piperazine rings is 1. The van der Waals surface area contributed by atoms with Crippen molar-refractivity contribution in [1.29, 1.82) is 0 Å². The van der Waals surface area contributed by atoms with Gasteiger partial charge in [-0.3, -0.25) is 28.9 Å². The predicted molar refractivity (Wildman–Crippen MR) is 136 cm³/mol. The van der Waals surface area contributed by atoms with Crippen LogP contribution in [0.5, 0.6) is 0 Å². The van der Waals surface area contributed by atoms with E-state index in [0.717, 1.165) is 17.0 Å². The molecule has 2 unspecified atom stereocenters. The maximum atomic E-state index is 15.1. The van der Waals surface area contributed by atoms with E-state index >= 15 is 8.78 Å². The molecule has 2 saturated heterocycles. The monoisotopic (exact) mass is 560 g/mol. The number of carbonyl (C=O) groups excluding carboxylic acids is 5. The highest BCUT2D eigenvalue weighted by atomic mass is 19.1. The highest BCUT2D eigenvalue weighted by Gasteiger charge is 2.34. The average Bonchev–Trinajstić information content (AvgIpc) is 3.31. The molecule has 40 heavy (non-hydrogen) atoms. The number of rotatable bonds is 8. The number of H-pyrrole nitrogens is 1. The molecule has 2 atom stereocenters. The summed E-state index contributed by atoms with van der Waals surface area (Å²) in [7, 11) is 0. The van der Waals surface area contributed by atoms with Crippen molar-refractivity contribution >= 4 is 41.5 Å². The van der Waals surface area contributed by atoms with E-state index < -0.39 is 41.7 Å². The van der Waals surface area contributed by atoms with Gasteiger partial charge in [0.2, 0.25) is 17.8 Å². The molecule has 2 aliphatic heterocycles. The minimum Gasteiger partial charge on any atom is -0.442 e.